The Hall–Kier alpha value is -4.46. The van der Waals surface area contributed by atoms with Crippen LogP contribution in [0, 0.1) is 11.8 Å². The Labute approximate surface area is 232 Å². The molecule has 1 aliphatic carbocycles. The molecule has 0 fully saturated rings. The molecule has 0 radical (unpaired) electrons. The lowest BCUT2D eigenvalue weighted by Crippen LogP contribution is -2.23. The lowest BCUT2D eigenvalue weighted by Gasteiger charge is -2.20. The number of nitrogens with one attached hydrogen (secondary N) is 2. The second-order valence-corrected chi connectivity index (χ2v) is 11.5. The summed E-state index contributed by atoms with van der Waals surface area (Å²) in [6.45, 7) is 8.38. The van der Waals surface area contributed by atoms with Crippen LogP contribution in [0.25, 0.3) is 33.0 Å². The summed E-state index contributed by atoms with van der Waals surface area (Å²) in [4.78, 5) is 34.5. The highest BCUT2D eigenvalue weighted by Crippen LogP contribution is 2.42. The molecule has 0 aliphatic heterocycles. The van der Waals surface area contributed by atoms with Gasteiger partial charge in [0, 0.05) is 55.7 Å². The Balaban J connectivity index is 1.71. The second-order valence-electron chi connectivity index (χ2n) is 11.5. The minimum atomic E-state index is -0.811. The summed E-state index contributed by atoms with van der Waals surface area (Å²) in [5, 5.41) is 24.0. The van der Waals surface area contributed by atoms with Crippen LogP contribution < -0.4 is 11.5 Å². The van der Waals surface area contributed by atoms with Gasteiger partial charge in [-0.1, -0.05) is 27.7 Å². The summed E-state index contributed by atoms with van der Waals surface area (Å²) in [5.74, 6) is -2.24. The van der Waals surface area contributed by atoms with Crippen molar-refractivity contribution in [2.45, 2.75) is 53.4 Å². The SMILES string of the molecule is CC(C)CCc1[nH]c2ccc(N)cc2c1C1=C(O)C(=O)C(c2c(CCC(C)C)[nH]c3ccc(N)cc23)=C(O)C1=O. The molecule has 0 atom stereocenters. The third kappa shape index (κ3) is 4.63. The highest BCUT2D eigenvalue weighted by Gasteiger charge is 2.40. The molecule has 1 aliphatic rings. The summed E-state index contributed by atoms with van der Waals surface area (Å²) in [7, 11) is 0. The van der Waals surface area contributed by atoms with Crippen LogP contribution in [0.1, 0.15) is 63.1 Å². The molecule has 2 aromatic heterocycles. The van der Waals surface area contributed by atoms with Crippen molar-refractivity contribution in [3.05, 3.63) is 70.4 Å². The first kappa shape index (κ1) is 27.1. The van der Waals surface area contributed by atoms with Gasteiger partial charge in [-0.15, -0.1) is 0 Å². The molecule has 0 saturated heterocycles. The van der Waals surface area contributed by atoms with Crippen LogP contribution in [0.2, 0.25) is 0 Å². The van der Waals surface area contributed by atoms with Gasteiger partial charge in [0.25, 0.3) is 0 Å². The molecule has 0 spiro atoms. The van der Waals surface area contributed by atoms with Gasteiger partial charge in [0.15, 0.2) is 11.5 Å². The fourth-order valence-corrected chi connectivity index (χ4v) is 5.49. The van der Waals surface area contributed by atoms with E-state index in [1.165, 1.54) is 0 Å². The van der Waals surface area contributed by atoms with Crippen LogP contribution in [-0.2, 0) is 22.4 Å². The maximum atomic E-state index is 13.9. The molecule has 0 bridgehead atoms. The van der Waals surface area contributed by atoms with Gasteiger partial charge in [-0.05, 0) is 73.9 Å². The topological polar surface area (TPSA) is 158 Å². The Morgan fingerprint density at radius 3 is 1.40 bits per heavy atom. The van der Waals surface area contributed by atoms with Crippen LogP contribution in [0.15, 0.2) is 47.9 Å². The largest absolute Gasteiger partial charge is 0.504 e. The molecule has 8 N–H and O–H groups in total. The van der Waals surface area contributed by atoms with Gasteiger partial charge in [-0.25, -0.2) is 0 Å². The predicted molar refractivity (Wildman–Crippen MR) is 161 cm³/mol. The van der Waals surface area contributed by atoms with Gasteiger partial charge in [-0.3, -0.25) is 9.59 Å². The summed E-state index contributed by atoms with van der Waals surface area (Å²) in [6, 6.07) is 10.5. The summed E-state index contributed by atoms with van der Waals surface area (Å²) < 4.78 is 0. The third-order valence-electron chi connectivity index (χ3n) is 7.60. The number of aryl methyl sites for hydroxylation is 2. The molecule has 8 nitrogen and oxygen atoms in total. The standard InChI is InChI=1S/C32H36N4O4/c1-15(2)5-9-23-25(19-13-17(33)7-11-21(19)35-23)27-29(37)31(39)28(32(40)30(27)38)26-20-14-18(34)8-12-22(20)36-24(26)10-6-16(3)4/h7-8,11-16,35-37,40H,5-6,9-10,33-34H2,1-4H3. The number of hydrogen-bond donors (Lipinski definition) is 6. The summed E-state index contributed by atoms with van der Waals surface area (Å²) in [6.07, 6.45) is 2.79. The number of Topliss-reactive ketones (excluding diaryl/α,β-unsaturated/α-hetero) is 2. The fraction of sp³-hybridized carbons (Fsp3) is 0.312. The average molecular weight is 541 g/mol. The first-order chi connectivity index (χ1) is 19.0. The van der Waals surface area contributed by atoms with E-state index in [0.29, 0.717) is 69.3 Å². The van der Waals surface area contributed by atoms with Crippen LogP contribution in [0.3, 0.4) is 0 Å². The number of ketones is 2. The number of benzene rings is 2. The molecule has 0 amide bonds. The smallest absolute Gasteiger partial charge is 0.232 e. The highest BCUT2D eigenvalue weighted by atomic mass is 16.3. The number of carbonyl (C=O) groups excluding carboxylic acids is 2. The number of aliphatic hydroxyl groups is 2. The fourth-order valence-electron chi connectivity index (χ4n) is 5.49. The molecule has 0 unspecified atom stereocenters. The number of anilines is 2. The molecular formula is C32H36N4O4. The second kappa shape index (κ2) is 10.3. The van der Waals surface area contributed by atoms with Crippen molar-refractivity contribution in [2.75, 3.05) is 11.5 Å². The Bertz CT molecular complexity index is 1600. The zero-order chi connectivity index (χ0) is 28.9. The predicted octanol–water partition coefficient (Wildman–Crippen LogP) is 6.38. The molecule has 2 aromatic carbocycles. The first-order valence-electron chi connectivity index (χ1n) is 13.7. The van der Waals surface area contributed by atoms with Crippen molar-refractivity contribution in [3.63, 3.8) is 0 Å². The van der Waals surface area contributed by atoms with Gasteiger partial charge < -0.3 is 31.6 Å². The maximum Gasteiger partial charge on any atom is 0.232 e. The van der Waals surface area contributed by atoms with Crippen LogP contribution in [0.5, 0.6) is 0 Å². The van der Waals surface area contributed by atoms with Crippen molar-refractivity contribution in [1.82, 2.24) is 9.97 Å². The zero-order valence-electron chi connectivity index (χ0n) is 23.3. The maximum absolute atomic E-state index is 13.9. The van der Waals surface area contributed by atoms with E-state index < -0.39 is 23.1 Å². The number of aliphatic hydroxyl groups excluding tert-OH is 2. The minimum Gasteiger partial charge on any atom is -0.504 e. The number of hydrogen-bond acceptors (Lipinski definition) is 6. The molecule has 208 valence electrons. The van der Waals surface area contributed by atoms with Crippen molar-refractivity contribution in [1.29, 1.82) is 0 Å². The monoisotopic (exact) mass is 540 g/mol. The lowest BCUT2D eigenvalue weighted by atomic mass is 9.83. The van der Waals surface area contributed by atoms with Gasteiger partial charge in [0.2, 0.25) is 11.6 Å². The molecule has 5 rings (SSSR count). The summed E-state index contributed by atoms with van der Waals surface area (Å²) in [5.41, 5.74) is 16.3. The van der Waals surface area contributed by atoms with E-state index in [-0.39, 0.29) is 11.1 Å². The quantitative estimate of drug-likeness (QED) is 0.112. The number of nitrogens with two attached hydrogens (primary N) is 2. The first-order valence-corrected chi connectivity index (χ1v) is 13.7. The third-order valence-corrected chi connectivity index (χ3v) is 7.60. The number of carbonyl (C=O) groups is 2. The lowest BCUT2D eigenvalue weighted by molar-refractivity contribution is -0.116. The number of H-pyrrole nitrogens is 2. The number of rotatable bonds is 8. The molecule has 0 saturated carbocycles. The van der Waals surface area contributed by atoms with Crippen molar-refractivity contribution in [3.8, 4) is 0 Å². The Morgan fingerprint density at radius 2 is 1.05 bits per heavy atom. The summed E-state index contributed by atoms with van der Waals surface area (Å²) >= 11 is 0. The van der Waals surface area contributed by atoms with E-state index in [4.69, 9.17) is 11.5 Å². The molecule has 40 heavy (non-hydrogen) atoms. The highest BCUT2D eigenvalue weighted by molar-refractivity contribution is 6.48. The Kier molecular flexibility index (Phi) is 6.96. The molecular weight excluding hydrogens is 504 g/mol. The van der Waals surface area contributed by atoms with Crippen molar-refractivity contribution < 1.29 is 19.8 Å². The van der Waals surface area contributed by atoms with Crippen LogP contribution in [-0.4, -0.2) is 31.7 Å². The number of nitrogen functional groups attached to an aromatic ring is 2. The minimum absolute atomic E-state index is 0.218. The molecule has 8 heteroatoms. The van der Waals surface area contributed by atoms with Gasteiger partial charge >= 0.3 is 0 Å². The van der Waals surface area contributed by atoms with Gasteiger partial charge in [-0.2, -0.15) is 0 Å². The van der Waals surface area contributed by atoms with Crippen molar-refractivity contribution in [2.24, 2.45) is 11.8 Å². The number of fused-ring (bicyclic) bond motifs is 2. The number of allylic oxidation sites excluding steroid dienone is 2. The van der Waals surface area contributed by atoms with E-state index in [0.717, 1.165) is 23.9 Å². The number of aromatic nitrogens is 2. The van der Waals surface area contributed by atoms with E-state index >= 15 is 0 Å². The Morgan fingerprint density at radius 1 is 0.675 bits per heavy atom. The molecule has 4 aromatic rings. The van der Waals surface area contributed by atoms with Crippen molar-refractivity contribution >= 4 is 55.9 Å². The normalized spacial score (nSPS) is 14.7. The molecule has 2 heterocycles. The van der Waals surface area contributed by atoms with E-state index in [2.05, 4.69) is 37.7 Å². The van der Waals surface area contributed by atoms with Gasteiger partial charge in [0.1, 0.15) is 0 Å². The van der Waals surface area contributed by atoms with Crippen LogP contribution in [0.4, 0.5) is 11.4 Å². The zero-order valence-corrected chi connectivity index (χ0v) is 23.3. The average Bonchev–Trinajstić information content (AvgIpc) is 3.43. The van der Waals surface area contributed by atoms with Gasteiger partial charge in [0.05, 0.1) is 11.1 Å². The number of aromatic amines is 2. The van der Waals surface area contributed by atoms with E-state index in [1.807, 2.05) is 0 Å². The van der Waals surface area contributed by atoms with Crippen LogP contribution >= 0.6 is 0 Å². The van der Waals surface area contributed by atoms with E-state index in [1.54, 1.807) is 36.4 Å². The van der Waals surface area contributed by atoms with E-state index in [9.17, 15) is 19.8 Å².